The van der Waals surface area contributed by atoms with Crippen molar-refractivity contribution < 1.29 is 4.79 Å². The Morgan fingerprint density at radius 3 is 2.70 bits per heavy atom. The summed E-state index contributed by atoms with van der Waals surface area (Å²) in [5.41, 5.74) is 1.99. The van der Waals surface area contributed by atoms with E-state index in [2.05, 4.69) is 54.5 Å². The monoisotopic (exact) mass is 485 g/mol. The van der Waals surface area contributed by atoms with Gasteiger partial charge in [-0.3, -0.25) is 14.7 Å². The normalized spacial score (nSPS) is 15.7. The van der Waals surface area contributed by atoms with Crippen LogP contribution in [0.1, 0.15) is 15.9 Å². The summed E-state index contributed by atoms with van der Waals surface area (Å²) in [4.78, 5) is 21.2. The molecule has 3 rings (SSSR count). The lowest BCUT2D eigenvalue weighted by Crippen LogP contribution is -2.48. The van der Waals surface area contributed by atoms with Gasteiger partial charge in [0.1, 0.15) is 0 Å². The Hall–Kier alpha value is -0.990. The number of piperazine rings is 1. The fraction of sp³-hybridized carbons (Fsp3) is 0.294. The summed E-state index contributed by atoms with van der Waals surface area (Å²) in [6.45, 7) is 4.21. The predicted octanol–water partition coefficient (Wildman–Crippen LogP) is 3.41. The lowest BCUT2D eigenvalue weighted by atomic mass is 10.1. The van der Waals surface area contributed by atoms with Crippen LogP contribution < -0.4 is 0 Å². The highest BCUT2D eigenvalue weighted by Crippen LogP contribution is 2.21. The lowest BCUT2D eigenvalue weighted by Gasteiger charge is -2.35. The summed E-state index contributed by atoms with van der Waals surface area (Å²) in [5.74, 6) is 0.122. The van der Waals surface area contributed by atoms with Crippen LogP contribution in [-0.4, -0.2) is 46.9 Å². The Morgan fingerprint density at radius 2 is 2.00 bits per heavy atom. The number of hydrogen-bond donors (Lipinski definition) is 0. The molecule has 1 aliphatic rings. The molecule has 1 saturated heterocycles. The average molecular weight is 486 g/mol. The van der Waals surface area contributed by atoms with E-state index in [4.69, 9.17) is 0 Å². The molecule has 0 unspecified atom stereocenters. The maximum absolute atomic E-state index is 12.7. The second-order valence-electron chi connectivity index (χ2n) is 5.55. The number of pyridine rings is 1. The van der Waals surface area contributed by atoms with Crippen molar-refractivity contribution in [3.63, 3.8) is 0 Å². The molecule has 2 aromatic rings. The zero-order valence-corrected chi connectivity index (χ0v) is 16.3. The van der Waals surface area contributed by atoms with Gasteiger partial charge in [-0.25, -0.2) is 0 Å². The van der Waals surface area contributed by atoms with Crippen molar-refractivity contribution in [2.45, 2.75) is 6.54 Å². The molecule has 120 valence electrons. The van der Waals surface area contributed by atoms with Gasteiger partial charge in [-0.05, 0) is 52.4 Å². The molecule has 6 heteroatoms. The number of hydrogen-bond acceptors (Lipinski definition) is 3. The van der Waals surface area contributed by atoms with Crippen LogP contribution in [0.3, 0.4) is 0 Å². The molecular formula is C17H17BrIN3O. The predicted molar refractivity (Wildman–Crippen MR) is 102 cm³/mol. The van der Waals surface area contributed by atoms with Crippen LogP contribution in [0.25, 0.3) is 0 Å². The van der Waals surface area contributed by atoms with E-state index >= 15 is 0 Å². The topological polar surface area (TPSA) is 36.4 Å². The number of amides is 1. The third kappa shape index (κ3) is 4.30. The minimum absolute atomic E-state index is 0.122. The molecule has 0 radical (unpaired) electrons. The van der Waals surface area contributed by atoms with E-state index < -0.39 is 0 Å². The number of rotatable bonds is 3. The first-order chi connectivity index (χ1) is 11.1. The molecule has 0 atom stereocenters. The highest BCUT2D eigenvalue weighted by atomic mass is 127. The van der Waals surface area contributed by atoms with Gasteiger partial charge in [-0.15, -0.1) is 0 Å². The van der Waals surface area contributed by atoms with Gasteiger partial charge in [0.15, 0.2) is 0 Å². The summed E-state index contributed by atoms with van der Waals surface area (Å²) in [7, 11) is 0. The summed E-state index contributed by atoms with van der Waals surface area (Å²) in [5, 5.41) is 0. The summed E-state index contributed by atoms with van der Waals surface area (Å²) < 4.78 is 1.94. The van der Waals surface area contributed by atoms with Crippen molar-refractivity contribution in [3.8, 4) is 0 Å². The minimum atomic E-state index is 0.122. The molecule has 1 aliphatic heterocycles. The molecule has 1 aromatic carbocycles. The van der Waals surface area contributed by atoms with Crippen molar-refractivity contribution in [3.05, 3.63) is 61.9 Å². The van der Waals surface area contributed by atoms with E-state index in [1.54, 1.807) is 6.20 Å². The van der Waals surface area contributed by atoms with E-state index in [9.17, 15) is 4.79 Å². The van der Waals surface area contributed by atoms with Gasteiger partial charge < -0.3 is 4.90 Å². The van der Waals surface area contributed by atoms with E-state index in [1.165, 1.54) is 5.56 Å². The van der Waals surface area contributed by atoms with Gasteiger partial charge in [0.25, 0.3) is 5.91 Å². The number of nitrogens with zero attached hydrogens (tertiary/aromatic N) is 3. The van der Waals surface area contributed by atoms with E-state index in [0.29, 0.717) is 0 Å². The second-order valence-corrected chi connectivity index (χ2v) is 7.63. The van der Waals surface area contributed by atoms with Crippen LogP contribution >= 0.6 is 38.5 Å². The fourth-order valence-electron chi connectivity index (χ4n) is 2.69. The molecule has 2 heterocycles. The highest BCUT2D eigenvalue weighted by Gasteiger charge is 2.23. The molecule has 1 aromatic heterocycles. The molecule has 4 nitrogen and oxygen atoms in total. The standard InChI is InChI=1S/C17H17BrIN3O/c18-14-3-4-16(19)15(10-14)17(23)22-8-6-21(7-9-22)12-13-2-1-5-20-11-13/h1-5,10-11H,6-9,12H2. The summed E-state index contributed by atoms with van der Waals surface area (Å²) in [6.07, 6.45) is 3.70. The third-order valence-corrected chi connectivity index (χ3v) is 5.38. The Morgan fingerprint density at radius 1 is 1.22 bits per heavy atom. The van der Waals surface area contributed by atoms with Crippen molar-refractivity contribution in [2.75, 3.05) is 26.2 Å². The average Bonchev–Trinajstić information content (AvgIpc) is 2.58. The Kier molecular flexibility index (Phi) is 5.66. The zero-order chi connectivity index (χ0) is 16.2. The molecule has 0 aliphatic carbocycles. The van der Waals surface area contributed by atoms with Gasteiger partial charge in [-0.2, -0.15) is 0 Å². The lowest BCUT2D eigenvalue weighted by molar-refractivity contribution is 0.0627. The molecule has 0 spiro atoms. The Bertz CT molecular complexity index is 687. The van der Waals surface area contributed by atoms with Crippen LogP contribution in [0.15, 0.2) is 47.2 Å². The molecule has 1 fully saturated rings. The van der Waals surface area contributed by atoms with Gasteiger partial charge in [0.05, 0.1) is 5.56 Å². The van der Waals surface area contributed by atoms with Crippen molar-refractivity contribution >= 4 is 44.4 Å². The molecule has 23 heavy (non-hydrogen) atoms. The maximum Gasteiger partial charge on any atom is 0.255 e. The van der Waals surface area contributed by atoms with Gasteiger partial charge in [0, 0.05) is 53.2 Å². The largest absolute Gasteiger partial charge is 0.336 e. The van der Waals surface area contributed by atoms with Crippen LogP contribution in [-0.2, 0) is 6.54 Å². The van der Waals surface area contributed by atoms with Crippen LogP contribution in [0, 0.1) is 3.57 Å². The highest BCUT2D eigenvalue weighted by molar-refractivity contribution is 14.1. The first-order valence-corrected chi connectivity index (χ1v) is 9.36. The number of halogens is 2. The van der Waals surface area contributed by atoms with Crippen molar-refractivity contribution in [1.29, 1.82) is 0 Å². The molecule has 0 saturated carbocycles. The number of carbonyl (C=O) groups excluding carboxylic acids is 1. The zero-order valence-electron chi connectivity index (χ0n) is 12.6. The fourth-order valence-corrected chi connectivity index (χ4v) is 3.62. The van der Waals surface area contributed by atoms with Crippen LogP contribution in [0.5, 0.6) is 0 Å². The van der Waals surface area contributed by atoms with Crippen molar-refractivity contribution in [1.82, 2.24) is 14.8 Å². The first-order valence-electron chi connectivity index (χ1n) is 7.49. The third-order valence-electron chi connectivity index (χ3n) is 3.95. The molecule has 0 N–H and O–H groups in total. The summed E-state index contributed by atoms with van der Waals surface area (Å²) >= 11 is 5.67. The SMILES string of the molecule is O=C(c1cc(Br)ccc1I)N1CCN(Cc2cccnc2)CC1. The number of benzene rings is 1. The Labute approximate surface area is 158 Å². The number of carbonyl (C=O) groups is 1. The second kappa shape index (κ2) is 7.72. The molecular weight excluding hydrogens is 469 g/mol. The van der Waals surface area contributed by atoms with Gasteiger partial charge in [0.2, 0.25) is 0 Å². The van der Waals surface area contributed by atoms with Gasteiger partial charge in [-0.1, -0.05) is 22.0 Å². The first kappa shape index (κ1) is 16.9. The molecule has 1 amide bonds. The summed E-state index contributed by atoms with van der Waals surface area (Å²) in [6, 6.07) is 9.89. The molecule has 0 bridgehead atoms. The quantitative estimate of drug-likeness (QED) is 0.625. The van der Waals surface area contributed by atoms with E-state index in [1.807, 2.05) is 35.4 Å². The van der Waals surface area contributed by atoms with Gasteiger partial charge >= 0.3 is 0 Å². The van der Waals surface area contributed by atoms with Crippen LogP contribution in [0.4, 0.5) is 0 Å². The van der Waals surface area contributed by atoms with E-state index in [0.717, 1.165) is 46.3 Å². The minimum Gasteiger partial charge on any atom is -0.336 e. The van der Waals surface area contributed by atoms with E-state index in [-0.39, 0.29) is 5.91 Å². The van der Waals surface area contributed by atoms with Crippen molar-refractivity contribution in [2.24, 2.45) is 0 Å². The van der Waals surface area contributed by atoms with Crippen LogP contribution in [0.2, 0.25) is 0 Å². The Balaban J connectivity index is 1.60. The smallest absolute Gasteiger partial charge is 0.255 e. The maximum atomic E-state index is 12.7. The number of aromatic nitrogens is 1.